The van der Waals surface area contributed by atoms with Crippen LogP contribution in [0.25, 0.3) is 9.66 Å². The number of rotatable bonds is 0. The average molecular weight is 386 g/mol. The van der Waals surface area contributed by atoms with Crippen LogP contribution >= 0.6 is 45.2 Å². The van der Waals surface area contributed by atoms with Crippen molar-refractivity contribution < 1.29 is 4.42 Å². The standard InChI is InChI=1S/C9H8I2O/c1-5-2-6-3-7(10)4-8(11)9(6)12-5/h2-3,7H,4H2,1H3/t7-/m1/s1. The van der Waals surface area contributed by atoms with E-state index in [1.165, 1.54) is 8.80 Å². The molecular weight excluding hydrogens is 378 g/mol. The van der Waals surface area contributed by atoms with E-state index in [4.69, 9.17) is 4.42 Å². The van der Waals surface area contributed by atoms with Gasteiger partial charge in [-0.05, 0) is 42.0 Å². The molecule has 0 bridgehead atoms. The summed E-state index contributed by atoms with van der Waals surface area (Å²) in [7, 11) is 0. The Morgan fingerprint density at radius 3 is 3.08 bits per heavy atom. The van der Waals surface area contributed by atoms with Crippen LogP contribution in [-0.4, -0.2) is 3.92 Å². The van der Waals surface area contributed by atoms with E-state index in [2.05, 4.69) is 57.3 Å². The fourth-order valence-corrected chi connectivity index (χ4v) is 3.95. The van der Waals surface area contributed by atoms with Crippen molar-refractivity contribution in [2.24, 2.45) is 0 Å². The molecule has 1 aromatic rings. The molecule has 1 aliphatic rings. The van der Waals surface area contributed by atoms with E-state index in [0.29, 0.717) is 3.92 Å². The number of fused-ring (bicyclic) bond motifs is 1. The molecule has 1 nitrogen and oxygen atoms in total. The van der Waals surface area contributed by atoms with Gasteiger partial charge in [0.05, 0.1) is 0 Å². The quantitative estimate of drug-likeness (QED) is 0.492. The summed E-state index contributed by atoms with van der Waals surface area (Å²) in [5, 5.41) is 1.27. The fourth-order valence-electron chi connectivity index (χ4n) is 1.39. The minimum Gasteiger partial charge on any atom is -0.461 e. The number of furan rings is 1. The maximum atomic E-state index is 5.59. The molecule has 1 aliphatic carbocycles. The molecule has 1 heterocycles. The van der Waals surface area contributed by atoms with Gasteiger partial charge in [0.25, 0.3) is 0 Å². The van der Waals surface area contributed by atoms with Crippen LogP contribution in [-0.2, 0) is 0 Å². The van der Waals surface area contributed by atoms with Crippen molar-refractivity contribution in [3.63, 3.8) is 0 Å². The van der Waals surface area contributed by atoms with Gasteiger partial charge in [0.2, 0.25) is 0 Å². The largest absolute Gasteiger partial charge is 0.461 e. The Morgan fingerprint density at radius 1 is 1.58 bits per heavy atom. The lowest BCUT2D eigenvalue weighted by atomic mass is 10.2. The molecule has 0 radical (unpaired) electrons. The maximum Gasteiger partial charge on any atom is 0.143 e. The summed E-state index contributed by atoms with van der Waals surface area (Å²) in [5.74, 6) is 1.01. The van der Waals surface area contributed by atoms with Crippen LogP contribution in [0, 0.1) is 6.92 Å². The van der Waals surface area contributed by atoms with Gasteiger partial charge in [-0.25, -0.2) is 0 Å². The molecule has 0 fully saturated rings. The Labute approximate surface area is 98.2 Å². The van der Waals surface area contributed by atoms with E-state index < -0.39 is 0 Å². The third-order valence-corrected chi connectivity index (χ3v) is 3.60. The fraction of sp³-hybridized carbons (Fsp3) is 0.333. The summed E-state index contributed by atoms with van der Waals surface area (Å²) < 4.78 is 7.56. The monoisotopic (exact) mass is 386 g/mol. The van der Waals surface area contributed by atoms with Gasteiger partial charge in [-0.15, -0.1) is 0 Å². The van der Waals surface area contributed by atoms with Crippen molar-refractivity contribution in [3.8, 4) is 0 Å². The summed E-state index contributed by atoms with van der Waals surface area (Å²) in [6.07, 6.45) is 3.38. The number of hydrogen-bond donors (Lipinski definition) is 0. The molecular formula is C9H8I2O. The first-order valence-corrected chi connectivity index (χ1v) is 6.10. The summed E-state index contributed by atoms with van der Waals surface area (Å²) >= 11 is 4.83. The van der Waals surface area contributed by atoms with E-state index in [1.807, 2.05) is 6.92 Å². The van der Waals surface area contributed by atoms with Crippen LogP contribution in [0.15, 0.2) is 10.5 Å². The Kier molecular flexibility index (Phi) is 2.51. The van der Waals surface area contributed by atoms with Crippen LogP contribution in [0.3, 0.4) is 0 Å². The molecule has 2 rings (SSSR count). The minimum atomic E-state index is 0.624. The first-order valence-electron chi connectivity index (χ1n) is 3.78. The van der Waals surface area contributed by atoms with E-state index in [-0.39, 0.29) is 0 Å². The lowest BCUT2D eigenvalue weighted by Gasteiger charge is -2.05. The summed E-state index contributed by atoms with van der Waals surface area (Å²) in [6, 6.07) is 2.11. The first-order chi connectivity index (χ1) is 5.66. The second-order valence-corrected chi connectivity index (χ2v) is 5.84. The highest BCUT2D eigenvalue weighted by Crippen LogP contribution is 2.21. The predicted octanol–water partition coefficient (Wildman–Crippen LogP) is 2.12. The molecule has 0 saturated heterocycles. The predicted molar refractivity (Wildman–Crippen MR) is 67.0 cm³/mol. The molecule has 0 spiro atoms. The zero-order valence-corrected chi connectivity index (χ0v) is 10.9. The topological polar surface area (TPSA) is 13.1 Å². The maximum absolute atomic E-state index is 5.59. The zero-order valence-electron chi connectivity index (χ0n) is 6.60. The summed E-state index contributed by atoms with van der Waals surface area (Å²) in [5.41, 5.74) is 1.08. The summed E-state index contributed by atoms with van der Waals surface area (Å²) in [4.78, 5) is 0. The van der Waals surface area contributed by atoms with E-state index in [9.17, 15) is 0 Å². The molecule has 1 atom stereocenters. The van der Waals surface area contributed by atoms with E-state index >= 15 is 0 Å². The Balaban J connectivity index is 2.80. The molecule has 0 N–H and O–H groups in total. The van der Waals surface area contributed by atoms with Gasteiger partial charge in [0, 0.05) is 12.7 Å². The van der Waals surface area contributed by atoms with Crippen LogP contribution in [0.5, 0.6) is 0 Å². The van der Waals surface area contributed by atoms with E-state index in [0.717, 1.165) is 17.6 Å². The van der Waals surface area contributed by atoms with Crippen molar-refractivity contribution in [3.05, 3.63) is 22.5 Å². The second kappa shape index (κ2) is 3.32. The van der Waals surface area contributed by atoms with Gasteiger partial charge in [0.1, 0.15) is 11.2 Å². The summed E-state index contributed by atoms with van der Waals surface area (Å²) in [6.45, 7) is 2.00. The van der Waals surface area contributed by atoms with Gasteiger partial charge in [-0.1, -0.05) is 28.7 Å². The van der Waals surface area contributed by atoms with Gasteiger partial charge in [-0.2, -0.15) is 0 Å². The van der Waals surface area contributed by atoms with Crippen LogP contribution in [0.2, 0.25) is 0 Å². The number of hydrogen-bond acceptors (Lipinski definition) is 1. The molecule has 0 aromatic carbocycles. The molecule has 0 amide bonds. The molecule has 64 valence electrons. The second-order valence-electron chi connectivity index (χ2n) is 2.93. The minimum absolute atomic E-state index is 0.624. The van der Waals surface area contributed by atoms with Crippen LogP contribution < -0.4 is 10.6 Å². The highest BCUT2D eigenvalue weighted by Gasteiger charge is 2.11. The van der Waals surface area contributed by atoms with Gasteiger partial charge < -0.3 is 4.42 Å². The van der Waals surface area contributed by atoms with Crippen molar-refractivity contribution >= 4 is 54.8 Å². The van der Waals surface area contributed by atoms with Gasteiger partial charge in [0.15, 0.2) is 0 Å². The van der Waals surface area contributed by atoms with Crippen molar-refractivity contribution in [2.75, 3.05) is 0 Å². The Hall–Kier alpha value is 0.480. The number of alkyl halides is 1. The van der Waals surface area contributed by atoms with Gasteiger partial charge >= 0.3 is 0 Å². The first kappa shape index (κ1) is 9.05. The Morgan fingerprint density at radius 2 is 2.33 bits per heavy atom. The zero-order chi connectivity index (χ0) is 8.72. The molecule has 0 aliphatic heterocycles. The number of aryl methyl sites for hydroxylation is 1. The molecule has 3 heteroatoms. The van der Waals surface area contributed by atoms with Crippen LogP contribution in [0.4, 0.5) is 0 Å². The average Bonchev–Trinajstić information content (AvgIpc) is 2.29. The molecule has 12 heavy (non-hydrogen) atoms. The van der Waals surface area contributed by atoms with Gasteiger partial charge in [-0.3, -0.25) is 0 Å². The molecule has 0 saturated carbocycles. The van der Waals surface area contributed by atoms with Crippen molar-refractivity contribution in [1.29, 1.82) is 0 Å². The highest BCUT2D eigenvalue weighted by atomic mass is 127. The number of halogens is 2. The van der Waals surface area contributed by atoms with Crippen molar-refractivity contribution in [2.45, 2.75) is 17.3 Å². The lowest BCUT2D eigenvalue weighted by molar-refractivity contribution is 0.499. The Bertz CT molecular complexity index is 416. The lowest BCUT2D eigenvalue weighted by Crippen LogP contribution is -2.26. The molecule has 0 unspecified atom stereocenters. The van der Waals surface area contributed by atoms with Crippen molar-refractivity contribution in [1.82, 2.24) is 0 Å². The third kappa shape index (κ3) is 1.57. The molecule has 1 aromatic heterocycles. The smallest absolute Gasteiger partial charge is 0.143 e. The normalized spacial score (nSPS) is 21.9. The highest BCUT2D eigenvalue weighted by molar-refractivity contribution is 14.1. The van der Waals surface area contributed by atoms with Crippen LogP contribution in [0.1, 0.15) is 12.2 Å². The van der Waals surface area contributed by atoms with E-state index in [1.54, 1.807) is 0 Å². The third-order valence-electron chi connectivity index (χ3n) is 1.87. The SMILES string of the molecule is Cc1cc2c(o1)=C(I)C[C@H](I)C=2.